The molecule has 156 valence electrons. The Bertz CT molecular complexity index is 987. The predicted octanol–water partition coefficient (Wildman–Crippen LogP) is 3.30. The van der Waals surface area contributed by atoms with Crippen LogP contribution in [-0.4, -0.2) is 41.0 Å². The van der Waals surface area contributed by atoms with Crippen LogP contribution < -0.4 is 10.6 Å². The lowest BCUT2D eigenvalue weighted by Gasteiger charge is -2.09. The van der Waals surface area contributed by atoms with Crippen molar-refractivity contribution >= 4 is 34.6 Å². The Morgan fingerprint density at radius 2 is 1.93 bits per heavy atom. The lowest BCUT2D eigenvalue weighted by atomic mass is 10.2. The average Bonchev–Trinajstić information content (AvgIpc) is 3.35. The second-order valence-electron chi connectivity index (χ2n) is 6.94. The standard InChI is InChI=1S/C19H27ClN8S/c1-5-27-14(3)16(9-23-27)11-26-12-17(10-22-26)24-19(29)21-7-6-8-28-15(4)18(20)13(2)25-28/h9-10,12H,5-8,11H2,1-4H3,(H2,21,24,29). The number of aryl methyl sites for hydroxylation is 3. The van der Waals surface area contributed by atoms with Crippen LogP contribution >= 0.6 is 23.8 Å². The fourth-order valence-electron chi connectivity index (χ4n) is 3.15. The molecule has 10 heteroatoms. The third kappa shape index (κ3) is 5.16. The van der Waals surface area contributed by atoms with E-state index < -0.39 is 0 Å². The Morgan fingerprint density at radius 3 is 2.59 bits per heavy atom. The summed E-state index contributed by atoms with van der Waals surface area (Å²) in [4.78, 5) is 0. The van der Waals surface area contributed by atoms with Crippen LogP contribution in [0.5, 0.6) is 0 Å². The second-order valence-corrected chi connectivity index (χ2v) is 7.73. The number of hydrogen-bond acceptors (Lipinski definition) is 4. The zero-order valence-corrected chi connectivity index (χ0v) is 18.8. The summed E-state index contributed by atoms with van der Waals surface area (Å²) in [6.45, 7) is 11.1. The lowest BCUT2D eigenvalue weighted by Crippen LogP contribution is -2.29. The SMILES string of the molecule is CCn1ncc(Cn2cc(NC(=S)NCCCn3nc(C)c(Cl)c3C)cn2)c1C. The molecule has 0 aliphatic carbocycles. The molecule has 0 spiro atoms. The number of anilines is 1. The van der Waals surface area contributed by atoms with E-state index in [1.54, 1.807) is 6.20 Å². The van der Waals surface area contributed by atoms with Crippen LogP contribution in [0.4, 0.5) is 5.69 Å². The van der Waals surface area contributed by atoms with Crippen LogP contribution in [0.3, 0.4) is 0 Å². The second kappa shape index (κ2) is 9.41. The number of halogens is 1. The number of thiocarbonyl (C=S) groups is 1. The van der Waals surface area contributed by atoms with Crippen molar-refractivity contribution in [2.45, 2.75) is 53.8 Å². The van der Waals surface area contributed by atoms with Gasteiger partial charge >= 0.3 is 0 Å². The topological polar surface area (TPSA) is 77.5 Å². The van der Waals surface area contributed by atoms with E-state index >= 15 is 0 Å². The van der Waals surface area contributed by atoms with E-state index in [0.29, 0.717) is 11.7 Å². The molecule has 0 saturated carbocycles. The third-order valence-electron chi connectivity index (χ3n) is 4.85. The van der Waals surface area contributed by atoms with Gasteiger partial charge in [0.15, 0.2) is 5.11 Å². The molecule has 0 aliphatic heterocycles. The van der Waals surface area contributed by atoms with Gasteiger partial charge in [0.05, 0.1) is 41.0 Å². The molecule has 3 rings (SSSR count). The number of nitrogens with zero attached hydrogens (tertiary/aromatic N) is 6. The van der Waals surface area contributed by atoms with Crippen molar-refractivity contribution in [2.24, 2.45) is 0 Å². The molecule has 0 amide bonds. The van der Waals surface area contributed by atoms with Gasteiger partial charge in [0.1, 0.15) is 0 Å². The molecule has 0 aliphatic rings. The molecule has 8 nitrogen and oxygen atoms in total. The summed E-state index contributed by atoms with van der Waals surface area (Å²) in [5, 5.41) is 20.9. The van der Waals surface area contributed by atoms with Gasteiger partial charge in [0, 0.05) is 37.1 Å². The molecule has 29 heavy (non-hydrogen) atoms. The minimum atomic E-state index is 0.575. The van der Waals surface area contributed by atoms with Crippen LogP contribution in [0.15, 0.2) is 18.6 Å². The van der Waals surface area contributed by atoms with Crippen molar-refractivity contribution in [3.63, 3.8) is 0 Å². The van der Waals surface area contributed by atoms with Gasteiger partial charge in [-0.05, 0) is 46.3 Å². The van der Waals surface area contributed by atoms with Crippen LogP contribution in [-0.2, 0) is 19.6 Å². The summed E-state index contributed by atoms with van der Waals surface area (Å²) in [5.74, 6) is 0. The smallest absolute Gasteiger partial charge is 0.170 e. The first-order valence-electron chi connectivity index (χ1n) is 9.67. The van der Waals surface area contributed by atoms with Gasteiger partial charge in [0.25, 0.3) is 0 Å². The van der Waals surface area contributed by atoms with E-state index in [4.69, 9.17) is 23.8 Å². The van der Waals surface area contributed by atoms with E-state index in [9.17, 15) is 0 Å². The molecule has 3 aromatic heterocycles. The summed E-state index contributed by atoms with van der Waals surface area (Å²) in [6, 6.07) is 0. The number of hydrogen-bond donors (Lipinski definition) is 2. The van der Waals surface area contributed by atoms with E-state index in [2.05, 4.69) is 39.8 Å². The molecular formula is C19H27ClN8S. The molecular weight excluding hydrogens is 408 g/mol. The van der Waals surface area contributed by atoms with E-state index in [1.807, 2.05) is 40.3 Å². The zero-order chi connectivity index (χ0) is 21.0. The van der Waals surface area contributed by atoms with Crippen molar-refractivity contribution in [1.29, 1.82) is 0 Å². The van der Waals surface area contributed by atoms with Crippen LogP contribution in [0.2, 0.25) is 5.02 Å². The Balaban J connectivity index is 1.44. The number of rotatable bonds is 8. The van der Waals surface area contributed by atoms with Crippen molar-refractivity contribution in [3.05, 3.63) is 46.3 Å². The average molecular weight is 435 g/mol. The molecule has 3 aromatic rings. The summed E-state index contributed by atoms with van der Waals surface area (Å²) in [6.07, 6.45) is 6.50. The highest BCUT2D eigenvalue weighted by atomic mass is 35.5. The molecule has 2 N–H and O–H groups in total. The highest BCUT2D eigenvalue weighted by Crippen LogP contribution is 2.18. The number of aromatic nitrogens is 6. The van der Waals surface area contributed by atoms with Crippen molar-refractivity contribution in [3.8, 4) is 0 Å². The van der Waals surface area contributed by atoms with Crippen molar-refractivity contribution in [1.82, 2.24) is 34.7 Å². The van der Waals surface area contributed by atoms with Crippen molar-refractivity contribution < 1.29 is 0 Å². The van der Waals surface area contributed by atoms with Crippen LogP contribution in [0.1, 0.15) is 36.0 Å². The monoisotopic (exact) mass is 434 g/mol. The van der Waals surface area contributed by atoms with Crippen LogP contribution in [0, 0.1) is 20.8 Å². The lowest BCUT2D eigenvalue weighted by molar-refractivity contribution is 0.558. The van der Waals surface area contributed by atoms with Crippen LogP contribution in [0.25, 0.3) is 0 Å². The van der Waals surface area contributed by atoms with Gasteiger partial charge in [0.2, 0.25) is 0 Å². The molecule has 0 unspecified atom stereocenters. The molecule has 0 saturated heterocycles. The quantitative estimate of drug-likeness (QED) is 0.418. The van der Waals surface area contributed by atoms with E-state index in [-0.39, 0.29) is 0 Å². The van der Waals surface area contributed by atoms with E-state index in [1.165, 1.54) is 5.69 Å². The molecule has 0 aromatic carbocycles. The highest BCUT2D eigenvalue weighted by molar-refractivity contribution is 7.80. The summed E-state index contributed by atoms with van der Waals surface area (Å²) >= 11 is 11.6. The molecule has 0 fully saturated rings. The fraction of sp³-hybridized carbons (Fsp3) is 0.474. The first kappa shape index (κ1) is 21.3. The largest absolute Gasteiger partial charge is 0.362 e. The van der Waals surface area contributed by atoms with Gasteiger partial charge < -0.3 is 10.6 Å². The molecule has 0 radical (unpaired) electrons. The summed E-state index contributed by atoms with van der Waals surface area (Å²) < 4.78 is 5.79. The first-order valence-corrected chi connectivity index (χ1v) is 10.5. The maximum atomic E-state index is 6.18. The molecule has 0 bridgehead atoms. The summed E-state index contributed by atoms with van der Waals surface area (Å²) in [5.41, 5.74) is 5.04. The highest BCUT2D eigenvalue weighted by Gasteiger charge is 2.09. The third-order valence-corrected chi connectivity index (χ3v) is 5.65. The van der Waals surface area contributed by atoms with Gasteiger partial charge in [-0.3, -0.25) is 14.0 Å². The maximum Gasteiger partial charge on any atom is 0.170 e. The summed E-state index contributed by atoms with van der Waals surface area (Å²) in [7, 11) is 0. The van der Waals surface area contributed by atoms with Gasteiger partial charge in [-0.15, -0.1) is 0 Å². The Kier molecular flexibility index (Phi) is 6.92. The van der Waals surface area contributed by atoms with Gasteiger partial charge in [-0.1, -0.05) is 11.6 Å². The molecule has 0 atom stereocenters. The minimum absolute atomic E-state index is 0.575. The Morgan fingerprint density at radius 1 is 1.14 bits per heavy atom. The predicted molar refractivity (Wildman–Crippen MR) is 120 cm³/mol. The van der Waals surface area contributed by atoms with Crippen molar-refractivity contribution in [2.75, 3.05) is 11.9 Å². The normalized spacial score (nSPS) is 11.1. The van der Waals surface area contributed by atoms with Gasteiger partial charge in [-0.25, -0.2) is 0 Å². The minimum Gasteiger partial charge on any atom is -0.362 e. The fourth-order valence-corrected chi connectivity index (χ4v) is 3.50. The number of nitrogens with one attached hydrogen (secondary N) is 2. The van der Waals surface area contributed by atoms with E-state index in [0.717, 1.165) is 53.7 Å². The Labute approximate surface area is 181 Å². The zero-order valence-electron chi connectivity index (χ0n) is 17.2. The Hall–Kier alpha value is -2.39. The maximum absolute atomic E-state index is 6.18. The molecule has 3 heterocycles. The first-order chi connectivity index (χ1) is 13.9. The van der Waals surface area contributed by atoms with Gasteiger partial charge in [-0.2, -0.15) is 15.3 Å².